The number of carbonyl (C=O) groups excluding carboxylic acids is 1. The number of hydrogen-bond donors (Lipinski definition) is 2. The molecule has 1 saturated heterocycles. The first kappa shape index (κ1) is 16.8. The molecule has 25 heavy (non-hydrogen) atoms. The SMILES string of the molecule is NC(=O)[C@H]1CC[C@@H](c2ccccc2OCc2ccccc2)N1C(=O)O. The number of amides is 2. The Morgan fingerprint density at radius 1 is 1.08 bits per heavy atom. The Balaban J connectivity index is 1.85. The first-order valence-electron chi connectivity index (χ1n) is 8.14. The van der Waals surface area contributed by atoms with Gasteiger partial charge in [-0.1, -0.05) is 48.5 Å². The maximum atomic E-state index is 11.7. The third-order valence-electron chi connectivity index (χ3n) is 4.45. The molecule has 1 aliphatic heterocycles. The lowest BCUT2D eigenvalue weighted by molar-refractivity contribution is -0.122. The van der Waals surface area contributed by atoms with E-state index in [2.05, 4.69) is 0 Å². The fraction of sp³-hybridized carbons (Fsp3) is 0.263. The number of primary amides is 1. The lowest BCUT2D eigenvalue weighted by atomic mass is 10.0. The summed E-state index contributed by atoms with van der Waals surface area (Å²) < 4.78 is 5.92. The number of ether oxygens (including phenoxy) is 1. The van der Waals surface area contributed by atoms with Gasteiger partial charge in [0.1, 0.15) is 18.4 Å². The number of carboxylic acid groups (broad SMARTS) is 1. The molecule has 0 bridgehead atoms. The van der Waals surface area contributed by atoms with Crippen molar-refractivity contribution in [2.45, 2.75) is 31.5 Å². The molecule has 6 nitrogen and oxygen atoms in total. The third-order valence-corrected chi connectivity index (χ3v) is 4.45. The summed E-state index contributed by atoms with van der Waals surface area (Å²) in [6.07, 6.45) is -0.200. The van der Waals surface area contributed by atoms with E-state index in [-0.39, 0.29) is 0 Å². The molecule has 0 spiro atoms. The zero-order valence-corrected chi connectivity index (χ0v) is 13.7. The number of likely N-dealkylation sites (tertiary alicyclic amines) is 1. The van der Waals surface area contributed by atoms with E-state index in [1.165, 1.54) is 0 Å². The first-order valence-corrected chi connectivity index (χ1v) is 8.14. The predicted molar refractivity (Wildman–Crippen MR) is 92.0 cm³/mol. The number of nitrogens with two attached hydrogens (primary N) is 1. The Bertz CT molecular complexity index is 763. The van der Waals surface area contributed by atoms with Gasteiger partial charge in [0.05, 0.1) is 6.04 Å². The molecule has 1 heterocycles. The van der Waals surface area contributed by atoms with Crippen molar-refractivity contribution in [3.8, 4) is 5.75 Å². The largest absolute Gasteiger partial charge is 0.489 e. The van der Waals surface area contributed by atoms with Crippen LogP contribution in [0.25, 0.3) is 0 Å². The smallest absolute Gasteiger partial charge is 0.408 e. The predicted octanol–water partition coefficient (Wildman–Crippen LogP) is 2.93. The van der Waals surface area contributed by atoms with Gasteiger partial charge in [-0.25, -0.2) is 4.79 Å². The van der Waals surface area contributed by atoms with E-state index in [9.17, 15) is 14.7 Å². The van der Waals surface area contributed by atoms with Gasteiger partial charge in [0.25, 0.3) is 0 Å². The first-order chi connectivity index (χ1) is 12.1. The molecule has 6 heteroatoms. The molecule has 2 amide bonds. The maximum absolute atomic E-state index is 11.7. The minimum Gasteiger partial charge on any atom is -0.489 e. The van der Waals surface area contributed by atoms with Crippen LogP contribution in [0.4, 0.5) is 4.79 Å². The van der Waals surface area contributed by atoms with Crippen LogP contribution in [0.5, 0.6) is 5.75 Å². The number of benzene rings is 2. The highest BCUT2D eigenvalue weighted by Gasteiger charge is 2.41. The number of rotatable bonds is 5. The van der Waals surface area contributed by atoms with Crippen LogP contribution < -0.4 is 10.5 Å². The third kappa shape index (κ3) is 3.57. The lowest BCUT2D eigenvalue weighted by Crippen LogP contribution is -2.44. The van der Waals surface area contributed by atoms with Crippen molar-refractivity contribution in [3.05, 3.63) is 65.7 Å². The van der Waals surface area contributed by atoms with Crippen LogP contribution in [0.3, 0.4) is 0 Å². The van der Waals surface area contributed by atoms with Crippen molar-refractivity contribution in [1.82, 2.24) is 4.90 Å². The molecule has 3 N–H and O–H groups in total. The summed E-state index contributed by atoms with van der Waals surface area (Å²) in [5, 5.41) is 9.54. The van der Waals surface area contributed by atoms with Crippen molar-refractivity contribution in [2.24, 2.45) is 5.73 Å². The van der Waals surface area contributed by atoms with Crippen LogP contribution in [-0.2, 0) is 11.4 Å². The van der Waals surface area contributed by atoms with E-state index in [1.807, 2.05) is 54.6 Å². The average Bonchev–Trinajstić information content (AvgIpc) is 3.06. The van der Waals surface area contributed by atoms with Crippen molar-refractivity contribution in [1.29, 1.82) is 0 Å². The maximum Gasteiger partial charge on any atom is 0.408 e. The van der Waals surface area contributed by atoms with Gasteiger partial charge >= 0.3 is 6.09 Å². The van der Waals surface area contributed by atoms with Gasteiger partial charge in [-0.2, -0.15) is 0 Å². The molecule has 130 valence electrons. The normalized spacial score (nSPS) is 19.6. The van der Waals surface area contributed by atoms with Crippen molar-refractivity contribution < 1.29 is 19.4 Å². The zero-order chi connectivity index (χ0) is 17.8. The summed E-state index contributed by atoms with van der Waals surface area (Å²) in [6.45, 7) is 0.386. The minimum atomic E-state index is -1.15. The second kappa shape index (κ2) is 7.25. The lowest BCUT2D eigenvalue weighted by Gasteiger charge is -2.27. The molecule has 1 aliphatic rings. The highest BCUT2D eigenvalue weighted by atomic mass is 16.5. The molecular formula is C19H20N2O4. The molecule has 0 unspecified atom stereocenters. The molecule has 0 aromatic heterocycles. The fourth-order valence-electron chi connectivity index (χ4n) is 3.29. The zero-order valence-electron chi connectivity index (χ0n) is 13.7. The van der Waals surface area contributed by atoms with Gasteiger partial charge < -0.3 is 15.6 Å². The van der Waals surface area contributed by atoms with E-state index >= 15 is 0 Å². The van der Waals surface area contributed by atoms with E-state index in [4.69, 9.17) is 10.5 Å². The quantitative estimate of drug-likeness (QED) is 0.875. The Kier molecular flexibility index (Phi) is 4.88. The highest BCUT2D eigenvalue weighted by molar-refractivity contribution is 5.84. The Morgan fingerprint density at radius 2 is 1.76 bits per heavy atom. The number of carbonyl (C=O) groups is 2. The van der Waals surface area contributed by atoms with E-state index in [0.29, 0.717) is 25.2 Å². The molecule has 0 radical (unpaired) electrons. The van der Waals surface area contributed by atoms with E-state index < -0.39 is 24.1 Å². The van der Waals surface area contributed by atoms with Crippen LogP contribution >= 0.6 is 0 Å². The number of para-hydroxylation sites is 1. The molecule has 1 fully saturated rings. The molecule has 2 aromatic carbocycles. The van der Waals surface area contributed by atoms with Gasteiger partial charge in [0.2, 0.25) is 5.91 Å². The molecule has 2 atom stereocenters. The number of nitrogens with zero attached hydrogens (tertiary/aromatic N) is 1. The summed E-state index contributed by atoms with van der Waals surface area (Å²) in [6, 6.07) is 15.8. The van der Waals surface area contributed by atoms with Gasteiger partial charge in [0.15, 0.2) is 0 Å². The standard InChI is InChI=1S/C19H20N2O4/c20-18(22)16-11-10-15(21(16)19(23)24)14-8-4-5-9-17(14)25-12-13-6-2-1-3-7-13/h1-9,15-16H,10-12H2,(H2,20,22)(H,23,24)/t15-,16+/m0/s1. The Morgan fingerprint density at radius 3 is 2.44 bits per heavy atom. The van der Waals surface area contributed by atoms with Gasteiger partial charge in [-0.3, -0.25) is 9.69 Å². The van der Waals surface area contributed by atoms with Crippen LogP contribution in [0.15, 0.2) is 54.6 Å². The van der Waals surface area contributed by atoms with E-state index in [0.717, 1.165) is 16.0 Å². The summed E-state index contributed by atoms with van der Waals surface area (Å²) in [5.74, 6) is 0.000286. The van der Waals surface area contributed by atoms with Gasteiger partial charge in [-0.05, 0) is 24.5 Å². The van der Waals surface area contributed by atoms with Crippen molar-refractivity contribution in [3.63, 3.8) is 0 Å². The molecule has 3 rings (SSSR count). The van der Waals surface area contributed by atoms with Gasteiger partial charge in [-0.15, -0.1) is 0 Å². The summed E-state index contributed by atoms with van der Waals surface area (Å²) in [5.41, 5.74) is 7.14. The summed E-state index contributed by atoms with van der Waals surface area (Å²) in [7, 11) is 0. The van der Waals surface area contributed by atoms with Crippen LogP contribution in [0, 0.1) is 0 Å². The summed E-state index contributed by atoms with van der Waals surface area (Å²) in [4.78, 5) is 24.4. The van der Waals surface area contributed by atoms with Gasteiger partial charge in [0, 0.05) is 5.56 Å². The molecule has 0 saturated carbocycles. The number of hydrogen-bond acceptors (Lipinski definition) is 3. The Labute approximate surface area is 145 Å². The summed E-state index contributed by atoms with van der Waals surface area (Å²) >= 11 is 0. The monoisotopic (exact) mass is 340 g/mol. The molecule has 2 aromatic rings. The van der Waals surface area contributed by atoms with Crippen molar-refractivity contribution >= 4 is 12.0 Å². The second-order valence-corrected chi connectivity index (χ2v) is 6.01. The molecule has 0 aliphatic carbocycles. The fourth-order valence-corrected chi connectivity index (χ4v) is 3.29. The minimum absolute atomic E-state index is 0.386. The second-order valence-electron chi connectivity index (χ2n) is 6.01. The average molecular weight is 340 g/mol. The highest BCUT2D eigenvalue weighted by Crippen LogP contribution is 2.40. The van der Waals surface area contributed by atoms with Crippen LogP contribution in [0.2, 0.25) is 0 Å². The van der Waals surface area contributed by atoms with Crippen LogP contribution in [-0.4, -0.2) is 28.0 Å². The molecular weight excluding hydrogens is 320 g/mol. The van der Waals surface area contributed by atoms with Crippen molar-refractivity contribution in [2.75, 3.05) is 0 Å². The topological polar surface area (TPSA) is 92.9 Å². The van der Waals surface area contributed by atoms with Crippen LogP contribution in [0.1, 0.15) is 30.0 Å². The van der Waals surface area contributed by atoms with E-state index in [1.54, 1.807) is 0 Å². The Hall–Kier alpha value is -3.02.